The van der Waals surface area contributed by atoms with Crippen molar-refractivity contribution in [2.75, 3.05) is 0 Å². The summed E-state index contributed by atoms with van der Waals surface area (Å²) in [5, 5.41) is 2.89. The fourth-order valence-corrected chi connectivity index (χ4v) is 2.03. The van der Waals surface area contributed by atoms with Crippen LogP contribution in [0.1, 0.15) is 44.4 Å². The molecule has 1 saturated carbocycles. The van der Waals surface area contributed by atoms with Crippen LogP contribution in [-0.2, 0) is 4.79 Å². The lowest BCUT2D eigenvalue weighted by molar-refractivity contribution is -0.123. The first-order valence-electron chi connectivity index (χ1n) is 5.71. The standard InChI is InChI=1S/C12H18N2O2/c1-9(10-4-2-7-16-10)14-11(15)8-12(13)5-3-6-12/h2,4,7,9H,3,5-6,8,13H2,1H3,(H,14,15). The molecule has 4 heteroatoms. The summed E-state index contributed by atoms with van der Waals surface area (Å²) < 4.78 is 5.22. The van der Waals surface area contributed by atoms with Gasteiger partial charge in [-0.3, -0.25) is 4.79 Å². The van der Waals surface area contributed by atoms with Crippen LogP contribution in [0.5, 0.6) is 0 Å². The fraction of sp³-hybridized carbons (Fsp3) is 0.583. The third-order valence-corrected chi connectivity index (χ3v) is 3.21. The van der Waals surface area contributed by atoms with E-state index in [2.05, 4.69) is 5.32 Å². The average Bonchev–Trinajstić information content (AvgIpc) is 2.67. The Morgan fingerprint density at radius 3 is 2.94 bits per heavy atom. The number of amides is 1. The lowest BCUT2D eigenvalue weighted by Gasteiger charge is -2.37. The molecule has 1 aromatic heterocycles. The van der Waals surface area contributed by atoms with Gasteiger partial charge in [-0.25, -0.2) is 0 Å². The second kappa shape index (κ2) is 4.29. The van der Waals surface area contributed by atoms with E-state index in [1.54, 1.807) is 6.26 Å². The van der Waals surface area contributed by atoms with E-state index in [4.69, 9.17) is 10.2 Å². The zero-order chi connectivity index (χ0) is 11.6. The molecule has 0 saturated heterocycles. The topological polar surface area (TPSA) is 68.3 Å². The Balaban J connectivity index is 1.83. The summed E-state index contributed by atoms with van der Waals surface area (Å²) in [6.07, 6.45) is 5.06. The molecule has 1 amide bonds. The van der Waals surface area contributed by atoms with Crippen LogP contribution in [0.15, 0.2) is 22.8 Å². The Labute approximate surface area is 95.2 Å². The molecule has 1 aliphatic rings. The van der Waals surface area contributed by atoms with Crippen LogP contribution < -0.4 is 11.1 Å². The monoisotopic (exact) mass is 222 g/mol. The lowest BCUT2D eigenvalue weighted by atomic mass is 9.75. The largest absolute Gasteiger partial charge is 0.467 e. The summed E-state index contributed by atoms with van der Waals surface area (Å²) in [6.45, 7) is 1.90. The number of nitrogens with one attached hydrogen (secondary N) is 1. The number of rotatable bonds is 4. The maximum Gasteiger partial charge on any atom is 0.222 e. The highest BCUT2D eigenvalue weighted by atomic mass is 16.3. The second-order valence-corrected chi connectivity index (χ2v) is 4.70. The maximum absolute atomic E-state index is 11.7. The first-order chi connectivity index (χ1) is 7.59. The van der Waals surface area contributed by atoms with E-state index < -0.39 is 0 Å². The van der Waals surface area contributed by atoms with Crippen molar-refractivity contribution in [2.24, 2.45) is 5.73 Å². The summed E-state index contributed by atoms with van der Waals surface area (Å²) in [5.74, 6) is 0.777. The van der Waals surface area contributed by atoms with Crippen LogP contribution in [0, 0.1) is 0 Å². The minimum atomic E-state index is -0.257. The minimum absolute atomic E-state index is 0.00565. The molecule has 1 aliphatic carbocycles. The van der Waals surface area contributed by atoms with Gasteiger partial charge in [0, 0.05) is 12.0 Å². The molecule has 1 atom stereocenters. The van der Waals surface area contributed by atoms with Crippen molar-refractivity contribution >= 4 is 5.91 Å². The van der Waals surface area contributed by atoms with Gasteiger partial charge in [0.1, 0.15) is 5.76 Å². The molecule has 88 valence electrons. The maximum atomic E-state index is 11.7. The molecule has 3 N–H and O–H groups in total. The molecular weight excluding hydrogens is 204 g/mol. The van der Waals surface area contributed by atoms with Gasteiger partial charge in [-0.1, -0.05) is 0 Å². The van der Waals surface area contributed by atoms with E-state index in [0.29, 0.717) is 6.42 Å². The zero-order valence-corrected chi connectivity index (χ0v) is 9.53. The molecule has 1 fully saturated rings. The molecule has 1 unspecified atom stereocenters. The smallest absolute Gasteiger partial charge is 0.222 e. The van der Waals surface area contributed by atoms with Gasteiger partial charge in [0.05, 0.1) is 12.3 Å². The molecule has 1 aromatic rings. The predicted molar refractivity (Wildman–Crippen MR) is 60.7 cm³/mol. The Morgan fingerprint density at radius 2 is 2.44 bits per heavy atom. The van der Waals surface area contributed by atoms with Gasteiger partial charge < -0.3 is 15.5 Å². The van der Waals surface area contributed by atoms with Crippen LogP contribution >= 0.6 is 0 Å². The predicted octanol–water partition coefficient (Wildman–Crippen LogP) is 1.73. The molecule has 0 aromatic carbocycles. The number of hydrogen-bond donors (Lipinski definition) is 2. The minimum Gasteiger partial charge on any atom is -0.467 e. The normalized spacial score (nSPS) is 19.9. The van der Waals surface area contributed by atoms with Gasteiger partial charge in [0.25, 0.3) is 0 Å². The van der Waals surface area contributed by atoms with Crippen molar-refractivity contribution in [1.29, 1.82) is 0 Å². The number of nitrogens with two attached hydrogens (primary N) is 1. The molecule has 16 heavy (non-hydrogen) atoms. The van der Waals surface area contributed by atoms with Gasteiger partial charge in [-0.15, -0.1) is 0 Å². The molecule has 0 spiro atoms. The van der Waals surface area contributed by atoms with E-state index in [-0.39, 0.29) is 17.5 Å². The SMILES string of the molecule is CC(NC(=O)CC1(N)CCC1)c1ccco1. The summed E-state index contributed by atoms with van der Waals surface area (Å²) in [7, 11) is 0. The first kappa shape index (κ1) is 11.2. The third kappa shape index (κ3) is 2.44. The van der Waals surface area contributed by atoms with Crippen molar-refractivity contribution in [3.05, 3.63) is 24.2 Å². The summed E-state index contributed by atoms with van der Waals surface area (Å²) in [6, 6.07) is 3.58. The van der Waals surface area contributed by atoms with Crippen LogP contribution in [0.3, 0.4) is 0 Å². The highest BCUT2D eigenvalue weighted by Crippen LogP contribution is 2.32. The van der Waals surface area contributed by atoms with Crippen molar-refractivity contribution in [1.82, 2.24) is 5.32 Å². The Bertz CT molecular complexity index is 355. The van der Waals surface area contributed by atoms with Gasteiger partial charge in [0.15, 0.2) is 0 Å². The van der Waals surface area contributed by atoms with Crippen LogP contribution in [0.2, 0.25) is 0 Å². The fourth-order valence-electron chi connectivity index (χ4n) is 2.03. The van der Waals surface area contributed by atoms with E-state index in [0.717, 1.165) is 25.0 Å². The molecule has 0 aliphatic heterocycles. The van der Waals surface area contributed by atoms with E-state index in [1.165, 1.54) is 0 Å². The number of carbonyl (C=O) groups is 1. The van der Waals surface area contributed by atoms with Crippen LogP contribution in [-0.4, -0.2) is 11.4 Å². The highest BCUT2D eigenvalue weighted by molar-refractivity contribution is 5.77. The van der Waals surface area contributed by atoms with Crippen LogP contribution in [0.4, 0.5) is 0 Å². The second-order valence-electron chi connectivity index (χ2n) is 4.70. The average molecular weight is 222 g/mol. The molecule has 0 bridgehead atoms. The highest BCUT2D eigenvalue weighted by Gasteiger charge is 2.34. The number of furan rings is 1. The van der Waals surface area contributed by atoms with E-state index in [9.17, 15) is 4.79 Å². The Morgan fingerprint density at radius 1 is 1.69 bits per heavy atom. The lowest BCUT2D eigenvalue weighted by Crippen LogP contribution is -2.50. The van der Waals surface area contributed by atoms with Crippen molar-refractivity contribution < 1.29 is 9.21 Å². The number of hydrogen-bond acceptors (Lipinski definition) is 3. The number of carbonyl (C=O) groups excluding carboxylic acids is 1. The molecular formula is C12H18N2O2. The quantitative estimate of drug-likeness (QED) is 0.815. The van der Waals surface area contributed by atoms with Crippen molar-refractivity contribution in [3.8, 4) is 0 Å². The molecule has 4 nitrogen and oxygen atoms in total. The third-order valence-electron chi connectivity index (χ3n) is 3.21. The summed E-state index contributed by atoms with van der Waals surface area (Å²) in [5.41, 5.74) is 5.76. The molecule has 1 heterocycles. The van der Waals surface area contributed by atoms with Gasteiger partial charge in [-0.05, 0) is 38.3 Å². The van der Waals surface area contributed by atoms with Gasteiger partial charge in [-0.2, -0.15) is 0 Å². The van der Waals surface area contributed by atoms with Gasteiger partial charge >= 0.3 is 0 Å². The summed E-state index contributed by atoms with van der Waals surface area (Å²) >= 11 is 0. The van der Waals surface area contributed by atoms with E-state index >= 15 is 0 Å². The Kier molecular flexibility index (Phi) is 3.01. The Hall–Kier alpha value is -1.29. The van der Waals surface area contributed by atoms with Crippen LogP contribution in [0.25, 0.3) is 0 Å². The van der Waals surface area contributed by atoms with Crippen molar-refractivity contribution in [2.45, 2.75) is 44.2 Å². The first-order valence-corrected chi connectivity index (χ1v) is 5.71. The molecule has 2 rings (SSSR count). The summed E-state index contributed by atoms with van der Waals surface area (Å²) in [4.78, 5) is 11.7. The molecule has 0 radical (unpaired) electrons. The van der Waals surface area contributed by atoms with Crippen molar-refractivity contribution in [3.63, 3.8) is 0 Å². The van der Waals surface area contributed by atoms with Gasteiger partial charge in [0.2, 0.25) is 5.91 Å². The zero-order valence-electron chi connectivity index (χ0n) is 9.53. The van der Waals surface area contributed by atoms with E-state index in [1.807, 2.05) is 19.1 Å².